The van der Waals surface area contributed by atoms with E-state index in [9.17, 15) is 19.5 Å². The molecule has 0 spiro atoms. The molecule has 1 aliphatic heterocycles. The number of amides is 1. The number of esters is 1. The molecule has 1 aliphatic rings. The fourth-order valence-electron chi connectivity index (χ4n) is 4.94. The van der Waals surface area contributed by atoms with Gasteiger partial charge in [0.25, 0.3) is 11.7 Å². The molecule has 1 fully saturated rings. The predicted molar refractivity (Wildman–Crippen MR) is 150 cm³/mol. The summed E-state index contributed by atoms with van der Waals surface area (Å²) in [5, 5.41) is 13.4. The van der Waals surface area contributed by atoms with Crippen molar-refractivity contribution in [1.82, 2.24) is 4.90 Å². The van der Waals surface area contributed by atoms with Crippen molar-refractivity contribution < 1.29 is 24.2 Å². The molecular weight excluding hydrogens is 490 g/mol. The second-order valence-corrected chi connectivity index (χ2v) is 9.74. The number of hydrogen-bond acceptors (Lipinski definition) is 5. The number of hydrogen-bond donors (Lipinski definition) is 1. The second kappa shape index (κ2) is 11.0. The van der Waals surface area contributed by atoms with Gasteiger partial charge in [-0.15, -0.1) is 0 Å². The lowest BCUT2D eigenvalue weighted by Crippen LogP contribution is -2.29. The van der Waals surface area contributed by atoms with E-state index in [1.54, 1.807) is 30.3 Å². The van der Waals surface area contributed by atoms with Gasteiger partial charge in [0.1, 0.15) is 5.76 Å². The minimum atomic E-state index is -0.773. The third-order valence-corrected chi connectivity index (χ3v) is 6.90. The molecule has 0 aromatic heterocycles. The molecule has 0 radical (unpaired) electrons. The molecule has 6 heteroatoms. The Morgan fingerprint density at radius 1 is 0.872 bits per heavy atom. The van der Waals surface area contributed by atoms with Crippen LogP contribution in [0.3, 0.4) is 0 Å². The summed E-state index contributed by atoms with van der Waals surface area (Å²) in [6.45, 7) is 4.34. The van der Waals surface area contributed by atoms with Crippen LogP contribution in [-0.2, 0) is 20.9 Å². The van der Waals surface area contributed by atoms with Crippen molar-refractivity contribution in [3.05, 3.63) is 124 Å². The van der Waals surface area contributed by atoms with Crippen LogP contribution < -0.4 is 0 Å². The first kappa shape index (κ1) is 25.9. The van der Waals surface area contributed by atoms with Gasteiger partial charge in [0.2, 0.25) is 0 Å². The quantitative estimate of drug-likeness (QED) is 0.133. The number of ether oxygens (including phenoxy) is 1. The number of fused-ring (bicyclic) bond motifs is 1. The van der Waals surface area contributed by atoms with Gasteiger partial charge in [0.05, 0.1) is 23.8 Å². The highest BCUT2D eigenvalue weighted by Gasteiger charge is 2.46. The molecular formula is C33H29NO5. The molecule has 1 amide bonds. The lowest BCUT2D eigenvalue weighted by atomic mass is 9.93. The van der Waals surface area contributed by atoms with Crippen LogP contribution in [0.25, 0.3) is 16.5 Å². The fourth-order valence-corrected chi connectivity index (χ4v) is 4.94. The summed E-state index contributed by atoms with van der Waals surface area (Å²) in [5.41, 5.74) is 3.39. The third kappa shape index (κ3) is 5.18. The molecule has 0 bridgehead atoms. The molecule has 0 aliphatic carbocycles. The standard InChI is InChI=1S/C33H29NO5/c1-3-17-39-33(38)24-13-11-22(12-14-24)20-34-29(26-10-6-7-21(2)18-26)28(31(36)32(34)37)30(35)27-16-15-23-8-4-5-9-25(23)19-27/h4-16,18-19,29,35H,3,17,20H2,1-2H3/b30-28-. The van der Waals surface area contributed by atoms with E-state index in [4.69, 9.17) is 4.74 Å². The monoisotopic (exact) mass is 519 g/mol. The molecule has 1 N–H and O–H groups in total. The van der Waals surface area contributed by atoms with Crippen LogP contribution in [0.2, 0.25) is 0 Å². The maximum Gasteiger partial charge on any atom is 0.338 e. The average Bonchev–Trinajstić information content (AvgIpc) is 3.20. The zero-order valence-corrected chi connectivity index (χ0v) is 21.9. The molecule has 0 saturated carbocycles. The molecule has 1 saturated heterocycles. The van der Waals surface area contributed by atoms with Crippen LogP contribution in [0, 0.1) is 6.92 Å². The first-order chi connectivity index (χ1) is 18.9. The first-order valence-electron chi connectivity index (χ1n) is 13.0. The number of aryl methyl sites for hydroxylation is 1. The lowest BCUT2D eigenvalue weighted by Gasteiger charge is -2.26. The number of Topliss-reactive ketones (excluding diaryl/α,β-unsaturated/α-hetero) is 1. The minimum Gasteiger partial charge on any atom is -0.507 e. The topological polar surface area (TPSA) is 83.9 Å². The van der Waals surface area contributed by atoms with E-state index < -0.39 is 23.7 Å². The van der Waals surface area contributed by atoms with Gasteiger partial charge in [-0.25, -0.2) is 4.79 Å². The maximum absolute atomic E-state index is 13.4. The number of carbonyl (C=O) groups excluding carboxylic acids is 3. The van der Waals surface area contributed by atoms with E-state index in [2.05, 4.69) is 0 Å². The number of aliphatic hydroxyl groups is 1. The molecule has 4 aromatic carbocycles. The Morgan fingerprint density at radius 3 is 2.31 bits per heavy atom. The van der Waals surface area contributed by atoms with E-state index in [0.29, 0.717) is 17.7 Å². The zero-order valence-electron chi connectivity index (χ0n) is 21.9. The van der Waals surface area contributed by atoms with E-state index in [-0.39, 0.29) is 17.9 Å². The van der Waals surface area contributed by atoms with E-state index >= 15 is 0 Å². The Hall–Kier alpha value is -4.71. The predicted octanol–water partition coefficient (Wildman–Crippen LogP) is 6.34. The average molecular weight is 520 g/mol. The van der Waals surface area contributed by atoms with Crippen molar-refractivity contribution >= 4 is 34.2 Å². The normalized spacial score (nSPS) is 16.6. The summed E-state index contributed by atoms with van der Waals surface area (Å²) in [6, 6.07) is 26.8. The molecule has 1 heterocycles. The van der Waals surface area contributed by atoms with Crippen LogP contribution in [0.5, 0.6) is 0 Å². The van der Waals surface area contributed by atoms with E-state index in [0.717, 1.165) is 33.9 Å². The van der Waals surface area contributed by atoms with Crippen molar-refractivity contribution in [2.24, 2.45) is 0 Å². The smallest absolute Gasteiger partial charge is 0.338 e. The van der Waals surface area contributed by atoms with E-state index in [1.807, 2.05) is 74.5 Å². The molecule has 39 heavy (non-hydrogen) atoms. The second-order valence-electron chi connectivity index (χ2n) is 9.74. The Bertz CT molecular complexity index is 1600. The van der Waals surface area contributed by atoms with Crippen LogP contribution in [0.4, 0.5) is 0 Å². The van der Waals surface area contributed by atoms with Gasteiger partial charge in [-0.1, -0.05) is 85.3 Å². The molecule has 196 valence electrons. The number of ketones is 1. The van der Waals surface area contributed by atoms with Gasteiger partial charge in [0.15, 0.2) is 0 Å². The van der Waals surface area contributed by atoms with Gasteiger partial charge >= 0.3 is 5.97 Å². The highest BCUT2D eigenvalue weighted by Crippen LogP contribution is 2.40. The SMILES string of the molecule is CCCOC(=O)c1ccc(CN2C(=O)C(=O)/C(=C(\O)c3ccc4ccccc4c3)C2c2cccc(C)c2)cc1. The van der Waals surface area contributed by atoms with Gasteiger partial charge < -0.3 is 14.7 Å². The molecule has 4 aromatic rings. The molecule has 6 nitrogen and oxygen atoms in total. The van der Waals surface area contributed by atoms with Gasteiger partial charge in [0, 0.05) is 12.1 Å². The molecule has 1 unspecified atom stereocenters. The summed E-state index contributed by atoms with van der Waals surface area (Å²) < 4.78 is 5.19. The number of aliphatic hydroxyl groups excluding tert-OH is 1. The summed E-state index contributed by atoms with van der Waals surface area (Å²) in [7, 11) is 0. The molecule has 5 rings (SSSR count). The van der Waals surface area contributed by atoms with Gasteiger partial charge in [-0.3, -0.25) is 9.59 Å². The van der Waals surface area contributed by atoms with Crippen LogP contribution in [0.15, 0.2) is 96.6 Å². The summed E-state index contributed by atoms with van der Waals surface area (Å²) in [6.07, 6.45) is 0.733. The Kier molecular flexibility index (Phi) is 7.28. The van der Waals surface area contributed by atoms with Crippen LogP contribution >= 0.6 is 0 Å². The van der Waals surface area contributed by atoms with Crippen molar-refractivity contribution in [1.29, 1.82) is 0 Å². The third-order valence-electron chi connectivity index (χ3n) is 6.90. The van der Waals surface area contributed by atoms with Crippen LogP contribution in [0.1, 0.15) is 52.0 Å². The van der Waals surface area contributed by atoms with Crippen molar-refractivity contribution in [3.63, 3.8) is 0 Å². The minimum absolute atomic E-state index is 0.0562. The number of rotatable bonds is 7. The fraction of sp³-hybridized carbons (Fsp3) is 0.182. The van der Waals surface area contributed by atoms with E-state index in [1.165, 1.54) is 4.90 Å². The highest BCUT2D eigenvalue weighted by atomic mass is 16.5. The number of nitrogens with zero attached hydrogens (tertiary/aromatic N) is 1. The summed E-state index contributed by atoms with van der Waals surface area (Å²) in [5.74, 6) is -2.02. The van der Waals surface area contributed by atoms with Crippen molar-refractivity contribution in [3.8, 4) is 0 Å². The van der Waals surface area contributed by atoms with Gasteiger partial charge in [-0.2, -0.15) is 0 Å². The maximum atomic E-state index is 13.4. The highest BCUT2D eigenvalue weighted by molar-refractivity contribution is 6.46. The molecule has 1 atom stereocenters. The largest absolute Gasteiger partial charge is 0.507 e. The number of likely N-dealkylation sites (tertiary alicyclic amines) is 1. The summed E-state index contributed by atoms with van der Waals surface area (Å²) >= 11 is 0. The van der Waals surface area contributed by atoms with Crippen molar-refractivity contribution in [2.75, 3.05) is 6.61 Å². The Balaban J connectivity index is 1.55. The first-order valence-corrected chi connectivity index (χ1v) is 13.0. The van der Waals surface area contributed by atoms with Crippen molar-refractivity contribution in [2.45, 2.75) is 32.9 Å². The number of carbonyl (C=O) groups is 3. The van der Waals surface area contributed by atoms with Gasteiger partial charge in [-0.05, 0) is 53.4 Å². The lowest BCUT2D eigenvalue weighted by molar-refractivity contribution is -0.140. The summed E-state index contributed by atoms with van der Waals surface area (Å²) in [4.78, 5) is 40.5. The van der Waals surface area contributed by atoms with Crippen LogP contribution in [-0.4, -0.2) is 34.3 Å². The zero-order chi connectivity index (χ0) is 27.5. The Morgan fingerprint density at radius 2 is 1.59 bits per heavy atom. The Labute approximate surface area is 227 Å². The number of benzene rings is 4.